The molecular formula is C24H20N2O2Se. The van der Waals surface area contributed by atoms with Crippen LogP contribution < -0.4 is 18.4 Å². The van der Waals surface area contributed by atoms with E-state index in [0.717, 1.165) is 15.6 Å². The number of hydrogen-bond donors (Lipinski definition) is 0. The zero-order valence-corrected chi connectivity index (χ0v) is 17.5. The molecule has 1 heterocycles. The number of nitrogens with zero attached hydrogens (tertiary/aromatic N) is 2. The number of ether oxygens (including phenoxy) is 2. The van der Waals surface area contributed by atoms with E-state index in [1.807, 2.05) is 85.1 Å². The molecule has 0 spiro atoms. The zero-order chi connectivity index (χ0) is 19.7. The maximum atomic E-state index is 6.07. The van der Waals surface area contributed by atoms with Crippen molar-refractivity contribution >= 4 is 23.9 Å². The van der Waals surface area contributed by atoms with Crippen LogP contribution in [0.5, 0.6) is 11.9 Å². The number of hydrogen-bond acceptors (Lipinski definition) is 4. The third-order valence-electron chi connectivity index (χ3n) is 4.10. The zero-order valence-electron chi connectivity index (χ0n) is 15.8. The van der Waals surface area contributed by atoms with Crippen LogP contribution in [0.4, 0.5) is 0 Å². The maximum absolute atomic E-state index is 6.07. The van der Waals surface area contributed by atoms with Crippen molar-refractivity contribution in [2.45, 2.75) is 13.2 Å². The second-order valence-electron chi connectivity index (χ2n) is 6.29. The summed E-state index contributed by atoms with van der Waals surface area (Å²) in [5.41, 5.74) is 2.16. The second kappa shape index (κ2) is 9.87. The molecule has 0 bridgehead atoms. The molecule has 5 heteroatoms. The molecule has 0 saturated carbocycles. The van der Waals surface area contributed by atoms with Gasteiger partial charge >= 0.3 is 177 Å². The van der Waals surface area contributed by atoms with Crippen molar-refractivity contribution in [3.8, 4) is 11.9 Å². The molecule has 0 fully saturated rings. The Kier molecular flexibility index (Phi) is 6.53. The molecule has 29 heavy (non-hydrogen) atoms. The predicted molar refractivity (Wildman–Crippen MR) is 115 cm³/mol. The molecule has 0 unspecified atom stereocenters. The summed E-state index contributed by atoms with van der Waals surface area (Å²) >= 11 is 0.0469. The average Bonchev–Trinajstić information content (AvgIpc) is 2.79. The standard InChI is InChI=1S/C24H20N2O2Se/c1-4-10-19(11-5-1)17-27-23-22(29-21-14-8-3-9-15-21)16-25-24(26-23)28-18-20-12-6-2-7-13-20/h1-16H,17-18H2. The van der Waals surface area contributed by atoms with Gasteiger partial charge in [0.25, 0.3) is 0 Å². The molecule has 0 amide bonds. The van der Waals surface area contributed by atoms with E-state index < -0.39 is 0 Å². The van der Waals surface area contributed by atoms with Gasteiger partial charge in [0.2, 0.25) is 0 Å². The summed E-state index contributed by atoms with van der Waals surface area (Å²) in [4.78, 5) is 8.97. The third kappa shape index (κ3) is 5.67. The summed E-state index contributed by atoms with van der Waals surface area (Å²) in [6, 6.07) is 30.7. The molecule has 0 radical (unpaired) electrons. The average molecular weight is 447 g/mol. The molecule has 0 aliphatic carbocycles. The number of rotatable bonds is 8. The van der Waals surface area contributed by atoms with Gasteiger partial charge in [-0.05, 0) is 0 Å². The van der Waals surface area contributed by atoms with Crippen LogP contribution in [0, 0.1) is 0 Å². The molecule has 0 atom stereocenters. The van der Waals surface area contributed by atoms with Gasteiger partial charge in [-0.2, -0.15) is 0 Å². The molecule has 144 valence electrons. The van der Waals surface area contributed by atoms with Crippen LogP contribution in [0.2, 0.25) is 0 Å². The van der Waals surface area contributed by atoms with Gasteiger partial charge in [-0.25, -0.2) is 0 Å². The Morgan fingerprint density at radius 2 is 1.21 bits per heavy atom. The van der Waals surface area contributed by atoms with E-state index in [1.54, 1.807) is 0 Å². The monoisotopic (exact) mass is 448 g/mol. The first kappa shape index (κ1) is 19.2. The van der Waals surface area contributed by atoms with Crippen molar-refractivity contribution in [3.05, 3.63) is 108 Å². The summed E-state index contributed by atoms with van der Waals surface area (Å²) in [5, 5.41) is 0. The van der Waals surface area contributed by atoms with E-state index in [1.165, 1.54) is 4.46 Å². The van der Waals surface area contributed by atoms with Gasteiger partial charge in [0.1, 0.15) is 0 Å². The van der Waals surface area contributed by atoms with Gasteiger partial charge < -0.3 is 0 Å². The molecule has 0 N–H and O–H groups in total. The van der Waals surface area contributed by atoms with Crippen LogP contribution >= 0.6 is 0 Å². The topological polar surface area (TPSA) is 44.2 Å². The Labute approximate surface area is 176 Å². The van der Waals surface area contributed by atoms with Crippen LogP contribution in [-0.4, -0.2) is 24.9 Å². The van der Waals surface area contributed by atoms with Gasteiger partial charge in [0.05, 0.1) is 0 Å². The van der Waals surface area contributed by atoms with Crippen LogP contribution in [-0.2, 0) is 13.2 Å². The van der Waals surface area contributed by atoms with Crippen molar-refractivity contribution in [2.24, 2.45) is 0 Å². The van der Waals surface area contributed by atoms with E-state index in [2.05, 4.69) is 22.1 Å². The Bertz CT molecular complexity index is 1030. The van der Waals surface area contributed by atoms with Crippen molar-refractivity contribution in [1.82, 2.24) is 9.97 Å². The first-order valence-corrected chi connectivity index (χ1v) is 11.0. The van der Waals surface area contributed by atoms with E-state index in [-0.39, 0.29) is 15.0 Å². The summed E-state index contributed by atoms with van der Waals surface area (Å²) in [6.45, 7) is 0.871. The Balaban J connectivity index is 1.53. The first-order chi connectivity index (χ1) is 14.4. The van der Waals surface area contributed by atoms with Crippen LogP contribution in [0.15, 0.2) is 97.2 Å². The molecule has 0 saturated heterocycles. The van der Waals surface area contributed by atoms with Crippen molar-refractivity contribution in [1.29, 1.82) is 0 Å². The van der Waals surface area contributed by atoms with Gasteiger partial charge in [0.15, 0.2) is 0 Å². The fourth-order valence-electron chi connectivity index (χ4n) is 2.65. The van der Waals surface area contributed by atoms with Crippen molar-refractivity contribution in [2.75, 3.05) is 0 Å². The number of aromatic nitrogens is 2. The molecule has 4 rings (SSSR count). The Morgan fingerprint density at radius 1 is 0.655 bits per heavy atom. The second-order valence-corrected chi connectivity index (χ2v) is 8.63. The molecule has 4 aromatic rings. The van der Waals surface area contributed by atoms with Gasteiger partial charge in [0, 0.05) is 0 Å². The van der Waals surface area contributed by atoms with E-state index in [0.29, 0.717) is 25.1 Å². The predicted octanol–water partition coefficient (Wildman–Crippen LogP) is 3.29. The molecular weight excluding hydrogens is 427 g/mol. The third-order valence-corrected chi connectivity index (χ3v) is 6.21. The number of benzene rings is 3. The van der Waals surface area contributed by atoms with Gasteiger partial charge in [-0.1, -0.05) is 0 Å². The fourth-order valence-corrected chi connectivity index (χ4v) is 4.42. The van der Waals surface area contributed by atoms with Gasteiger partial charge in [-0.3, -0.25) is 0 Å². The summed E-state index contributed by atoms with van der Waals surface area (Å²) in [7, 11) is 0. The van der Waals surface area contributed by atoms with Crippen LogP contribution in [0.1, 0.15) is 11.1 Å². The van der Waals surface area contributed by atoms with E-state index >= 15 is 0 Å². The van der Waals surface area contributed by atoms with Crippen LogP contribution in [0.25, 0.3) is 0 Å². The first-order valence-electron chi connectivity index (χ1n) is 9.30. The summed E-state index contributed by atoms with van der Waals surface area (Å²) in [6.07, 6.45) is 1.82. The molecule has 3 aromatic carbocycles. The fraction of sp³-hybridized carbons (Fsp3) is 0.0833. The minimum absolute atomic E-state index is 0.0469. The molecule has 4 nitrogen and oxygen atoms in total. The SMILES string of the molecule is c1ccc(COc2ncc([Se]c3ccccc3)c(OCc3ccccc3)n2)cc1. The minimum atomic E-state index is 0.0469. The summed E-state index contributed by atoms with van der Waals surface area (Å²) in [5.74, 6) is 0.579. The Hall–Kier alpha value is -3.14. The quantitative estimate of drug-likeness (QED) is 0.389. The van der Waals surface area contributed by atoms with Gasteiger partial charge in [-0.15, -0.1) is 0 Å². The van der Waals surface area contributed by atoms with Crippen molar-refractivity contribution < 1.29 is 9.47 Å². The normalized spacial score (nSPS) is 10.5. The van der Waals surface area contributed by atoms with E-state index in [9.17, 15) is 0 Å². The molecule has 0 aliphatic rings. The Morgan fingerprint density at radius 3 is 1.83 bits per heavy atom. The van der Waals surface area contributed by atoms with Crippen molar-refractivity contribution in [3.63, 3.8) is 0 Å². The van der Waals surface area contributed by atoms with E-state index in [4.69, 9.17) is 9.47 Å². The van der Waals surface area contributed by atoms with Crippen LogP contribution in [0.3, 0.4) is 0 Å². The summed E-state index contributed by atoms with van der Waals surface area (Å²) < 4.78 is 14.1. The molecule has 1 aromatic heterocycles. The molecule has 0 aliphatic heterocycles.